The van der Waals surface area contributed by atoms with Gasteiger partial charge < -0.3 is 10.1 Å². The molecule has 1 aromatic heterocycles. The largest absolute Gasteiger partial charge is 0.494 e. The topological polar surface area (TPSA) is 39.1 Å². The van der Waals surface area contributed by atoms with Gasteiger partial charge in [0.1, 0.15) is 5.75 Å². The number of nitrogens with zero attached hydrogens (tertiary/aromatic N) is 2. The Morgan fingerprint density at radius 1 is 1.50 bits per heavy atom. The van der Waals surface area contributed by atoms with Crippen LogP contribution < -0.4 is 10.1 Å². The lowest BCUT2D eigenvalue weighted by atomic mass is 10.3. The van der Waals surface area contributed by atoms with Crippen molar-refractivity contribution in [1.82, 2.24) is 9.55 Å². The lowest BCUT2D eigenvalue weighted by Gasteiger charge is -2.10. The van der Waals surface area contributed by atoms with E-state index < -0.39 is 0 Å². The number of imidazole rings is 1. The number of rotatable bonds is 6. The van der Waals surface area contributed by atoms with Gasteiger partial charge in [-0.15, -0.1) is 6.58 Å². The molecule has 94 valence electrons. The zero-order valence-electron chi connectivity index (χ0n) is 10.5. The van der Waals surface area contributed by atoms with Crippen LogP contribution in [0.3, 0.4) is 0 Å². The van der Waals surface area contributed by atoms with Crippen molar-refractivity contribution in [3.05, 3.63) is 49.3 Å². The number of hydrogen-bond donors (Lipinski definition) is 1. The number of hydrogen-bond acceptors (Lipinski definition) is 3. The van der Waals surface area contributed by atoms with Crippen molar-refractivity contribution >= 4 is 5.95 Å². The second-order valence-corrected chi connectivity index (χ2v) is 3.72. The molecule has 0 radical (unpaired) electrons. The van der Waals surface area contributed by atoms with Crippen LogP contribution in [0.15, 0.2) is 49.3 Å². The normalized spacial score (nSPS) is 10.1. The Morgan fingerprint density at radius 2 is 2.39 bits per heavy atom. The van der Waals surface area contributed by atoms with Crippen LogP contribution >= 0.6 is 0 Å². The van der Waals surface area contributed by atoms with E-state index >= 15 is 0 Å². The molecule has 0 bridgehead atoms. The molecule has 2 aromatic rings. The molecule has 0 spiro atoms. The van der Waals surface area contributed by atoms with Crippen LogP contribution in [0.1, 0.15) is 6.92 Å². The number of ether oxygens (including phenoxy) is 1. The Hall–Kier alpha value is -2.23. The first-order valence-electron chi connectivity index (χ1n) is 5.96. The molecule has 0 amide bonds. The monoisotopic (exact) mass is 243 g/mol. The molecule has 0 fully saturated rings. The molecule has 18 heavy (non-hydrogen) atoms. The quantitative estimate of drug-likeness (QED) is 0.793. The Morgan fingerprint density at radius 3 is 3.17 bits per heavy atom. The Balaban J connectivity index is 2.27. The highest BCUT2D eigenvalue weighted by Gasteiger charge is 2.04. The van der Waals surface area contributed by atoms with Gasteiger partial charge in [0.2, 0.25) is 5.95 Å². The van der Waals surface area contributed by atoms with E-state index in [1.54, 1.807) is 12.3 Å². The summed E-state index contributed by atoms with van der Waals surface area (Å²) in [5.41, 5.74) is 1.02. The van der Waals surface area contributed by atoms with Crippen molar-refractivity contribution in [2.45, 2.75) is 6.92 Å². The van der Waals surface area contributed by atoms with E-state index in [0.717, 1.165) is 17.4 Å². The maximum atomic E-state index is 5.50. The second-order valence-electron chi connectivity index (χ2n) is 3.72. The van der Waals surface area contributed by atoms with Crippen LogP contribution in [0, 0.1) is 0 Å². The van der Waals surface area contributed by atoms with E-state index in [2.05, 4.69) is 16.9 Å². The van der Waals surface area contributed by atoms with E-state index in [1.165, 1.54) is 0 Å². The van der Waals surface area contributed by atoms with Crippen molar-refractivity contribution < 1.29 is 4.74 Å². The molecule has 1 heterocycles. The third kappa shape index (κ3) is 2.71. The summed E-state index contributed by atoms with van der Waals surface area (Å²) in [6.07, 6.45) is 5.48. The Kier molecular flexibility index (Phi) is 4.02. The summed E-state index contributed by atoms with van der Waals surface area (Å²) in [5.74, 6) is 1.65. The van der Waals surface area contributed by atoms with Gasteiger partial charge in [-0.05, 0) is 19.1 Å². The third-order valence-electron chi connectivity index (χ3n) is 2.45. The summed E-state index contributed by atoms with van der Waals surface area (Å²) >= 11 is 0. The van der Waals surface area contributed by atoms with Gasteiger partial charge in [0, 0.05) is 25.0 Å². The van der Waals surface area contributed by atoms with Crippen molar-refractivity contribution in [3.8, 4) is 11.4 Å². The molecule has 2 rings (SSSR count). The highest BCUT2D eigenvalue weighted by molar-refractivity contribution is 5.45. The molecule has 0 aliphatic heterocycles. The second kappa shape index (κ2) is 5.91. The molecule has 0 saturated carbocycles. The Bertz CT molecular complexity index is 519. The van der Waals surface area contributed by atoms with Crippen molar-refractivity contribution in [1.29, 1.82) is 0 Å². The smallest absolute Gasteiger partial charge is 0.207 e. The SMILES string of the molecule is C=CCNc1nccn1-c1cccc(OCC)c1. The number of nitrogens with one attached hydrogen (secondary N) is 1. The zero-order chi connectivity index (χ0) is 12.8. The molecule has 0 aliphatic carbocycles. The highest BCUT2D eigenvalue weighted by Crippen LogP contribution is 2.19. The molecular formula is C14H17N3O. The predicted molar refractivity (Wildman–Crippen MR) is 73.4 cm³/mol. The van der Waals surface area contributed by atoms with Gasteiger partial charge in [-0.1, -0.05) is 12.1 Å². The molecule has 4 nitrogen and oxygen atoms in total. The Labute approximate surface area is 107 Å². The van der Waals surface area contributed by atoms with Gasteiger partial charge in [0.25, 0.3) is 0 Å². The van der Waals surface area contributed by atoms with Crippen LogP contribution in [0.4, 0.5) is 5.95 Å². The van der Waals surface area contributed by atoms with Gasteiger partial charge in [-0.25, -0.2) is 4.98 Å². The summed E-state index contributed by atoms with van der Waals surface area (Å²) in [4.78, 5) is 4.27. The summed E-state index contributed by atoms with van der Waals surface area (Å²) < 4.78 is 7.47. The first kappa shape index (κ1) is 12.2. The van der Waals surface area contributed by atoms with Crippen LogP contribution in [0.5, 0.6) is 5.75 Å². The van der Waals surface area contributed by atoms with E-state index in [-0.39, 0.29) is 0 Å². The molecule has 0 aliphatic rings. The molecule has 0 unspecified atom stereocenters. The average molecular weight is 243 g/mol. The van der Waals surface area contributed by atoms with Gasteiger partial charge in [0.05, 0.1) is 12.3 Å². The first-order chi connectivity index (χ1) is 8.85. The molecule has 1 N–H and O–H groups in total. The van der Waals surface area contributed by atoms with Crippen LogP contribution in [0.2, 0.25) is 0 Å². The molecule has 4 heteroatoms. The number of anilines is 1. The molecule has 0 atom stereocenters. The standard InChI is InChI=1S/C14H17N3O/c1-3-8-15-14-16-9-10-17(14)12-6-5-7-13(11-12)18-4-2/h3,5-7,9-11H,1,4,8H2,2H3,(H,15,16). The fraction of sp³-hybridized carbons (Fsp3) is 0.214. The van der Waals surface area contributed by atoms with Crippen LogP contribution in [-0.4, -0.2) is 22.7 Å². The van der Waals surface area contributed by atoms with E-state index in [9.17, 15) is 0 Å². The molecular weight excluding hydrogens is 226 g/mol. The van der Waals surface area contributed by atoms with Crippen molar-refractivity contribution in [2.75, 3.05) is 18.5 Å². The predicted octanol–water partition coefficient (Wildman–Crippen LogP) is 2.87. The van der Waals surface area contributed by atoms with Gasteiger partial charge in [-0.2, -0.15) is 0 Å². The minimum absolute atomic E-state index is 0.662. The van der Waals surface area contributed by atoms with Gasteiger partial charge in [-0.3, -0.25) is 4.57 Å². The minimum atomic E-state index is 0.662. The third-order valence-corrected chi connectivity index (χ3v) is 2.45. The minimum Gasteiger partial charge on any atom is -0.494 e. The number of benzene rings is 1. The molecule has 1 aromatic carbocycles. The zero-order valence-corrected chi connectivity index (χ0v) is 10.5. The van der Waals surface area contributed by atoms with Crippen molar-refractivity contribution in [2.24, 2.45) is 0 Å². The van der Waals surface area contributed by atoms with Gasteiger partial charge >= 0.3 is 0 Å². The summed E-state index contributed by atoms with van der Waals surface area (Å²) in [6, 6.07) is 7.92. The van der Waals surface area contributed by atoms with Crippen LogP contribution in [0.25, 0.3) is 5.69 Å². The average Bonchev–Trinajstić information content (AvgIpc) is 2.85. The first-order valence-corrected chi connectivity index (χ1v) is 5.96. The maximum absolute atomic E-state index is 5.50. The van der Waals surface area contributed by atoms with Crippen molar-refractivity contribution in [3.63, 3.8) is 0 Å². The lowest BCUT2D eigenvalue weighted by Crippen LogP contribution is -2.05. The molecule has 0 saturated heterocycles. The van der Waals surface area contributed by atoms with E-state index in [0.29, 0.717) is 13.2 Å². The fourth-order valence-corrected chi connectivity index (χ4v) is 1.70. The number of aromatic nitrogens is 2. The lowest BCUT2D eigenvalue weighted by molar-refractivity contribution is 0.340. The van der Waals surface area contributed by atoms with Crippen LogP contribution in [-0.2, 0) is 0 Å². The summed E-state index contributed by atoms with van der Waals surface area (Å²) in [5, 5.41) is 3.19. The highest BCUT2D eigenvalue weighted by atomic mass is 16.5. The van der Waals surface area contributed by atoms with E-state index in [1.807, 2.05) is 42.0 Å². The summed E-state index contributed by atoms with van der Waals surface area (Å²) in [7, 11) is 0. The van der Waals surface area contributed by atoms with E-state index in [4.69, 9.17) is 4.74 Å². The fourth-order valence-electron chi connectivity index (χ4n) is 1.70. The maximum Gasteiger partial charge on any atom is 0.207 e. The summed E-state index contributed by atoms with van der Waals surface area (Å²) in [6.45, 7) is 7.00. The van der Waals surface area contributed by atoms with Gasteiger partial charge in [0.15, 0.2) is 0 Å².